The molecular weight excluding hydrogens is 520 g/mol. The molecule has 6 heteroatoms. The SMILES string of the molecule is O=C(O)C1(Nc2cccc(Cl)c2)CCC2(CC1)c1ccccc1CC2c1cc2cc(-c3ccncc3)ccc2o1. The molecule has 0 saturated heterocycles. The van der Waals surface area contributed by atoms with Crippen LogP contribution >= 0.6 is 11.6 Å². The van der Waals surface area contributed by atoms with Gasteiger partial charge in [0.1, 0.15) is 16.9 Å². The first-order valence-corrected chi connectivity index (χ1v) is 14.1. The van der Waals surface area contributed by atoms with Gasteiger partial charge in [-0.15, -0.1) is 0 Å². The lowest BCUT2D eigenvalue weighted by molar-refractivity contribution is -0.144. The third-order valence-corrected chi connectivity index (χ3v) is 9.39. The second-order valence-electron chi connectivity index (χ2n) is 11.2. The number of hydrogen-bond donors (Lipinski definition) is 2. The summed E-state index contributed by atoms with van der Waals surface area (Å²) >= 11 is 6.21. The number of carboxylic acids is 1. The van der Waals surface area contributed by atoms with Gasteiger partial charge in [-0.25, -0.2) is 4.79 Å². The maximum absolute atomic E-state index is 12.7. The van der Waals surface area contributed by atoms with Crippen molar-refractivity contribution in [1.29, 1.82) is 0 Å². The molecule has 1 atom stereocenters. The molecule has 0 radical (unpaired) electrons. The van der Waals surface area contributed by atoms with Crippen LogP contribution in [-0.4, -0.2) is 21.6 Å². The Morgan fingerprint density at radius 3 is 2.48 bits per heavy atom. The van der Waals surface area contributed by atoms with E-state index < -0.39 is 11.5 Å². The number of nitrogens with one attached hydrogen (secondary N) is 1. The molecule has 1 spiro atoms. The normalized spacial score (nSPS) is 23.8. The number of fused-ring (bicyclic) bond motifs is 3. The minimum Gasteiger partial charge on any atom is -0.480 e. The second-order valence-corrected chi connectivity index (χ2v) is 11.7. The fraction of sp³-hybridized carbons (Fsp3) is 0.235. The molecule has 0 bridgehead atoms. The molecule has 2 N–H and O–H groups in total. The number of aromatic nitrogens is 1. The van der Waals surface area contributed by atoms with Gasteiger partial charge < -0.3 is 14.8 Å². The second kappa shape index (κ2) is 9.53. The molecule has 40 heavy (non-hydrogen) atoms. The van der Waals surface area contributed by atoms with Crippen molar-refractivity contribution >= 4 is 34.2 Å². The van der Waals surface area contributed by atoms with Crippen molar-refractivity contribution in [2.24, 2.45) is 0 Å². The van der Waals surface area contributed by atoms with Gasteiger partial charge in [0.15, 0.2) is 0 Å². The quantitative estimate of drug-likeness (QED) is 0.231. The van der Waals surface area contributed by atoms with E-state index in [1.54, 1.807) is 24.5 Å². The van der Waals surface area contributed by atoms with E-state index in [1.807, 2.05) is 24.3 Å². The number of pyridine rings is 1. The zero-order chi connectivity index (χ0) is 27.3. The molecule has 1 fully saturated rings. The highest BCUT2D eigenvalue weighted by Crippen LogP contribution is 2.58. The summed E-state index contributed by atoms with van der Waals surface area (Å²) in [5.74, 6) is 0.292. The zero-order valence-corrected chi connectivity index (χ0v) is 22.7. The van der Waals surface area contributed by atoms with E-state index in [1.165, 1.54) is 11.1 Å². The molecule has 2 aliphatic rings. The highest BCUT2D eigenvalue weighted by Gasteiger charge is 2.55. The van der Waals surface area contributed by atoms with Gasteiger partial charge in [0, 0.05) is 39.8 Å². The molecule has 2 aliphatic carbocycles. The third kappa shape index (κ3) is 4.08. The molecule has 1 unspecified atom stereocenters. The van der Waals surface area contributed by atoms with Crippen LogP contribution in [0.4, 0.5) is 5.69 Å². The van der Waals surface area contributed by atoms with Crippen molar-refractivity contribution in [3.05, 3.63) is 119 Å². The van der Waals surface area contributed by atoms with E-state index in [-0.39, 0.29) is 11.3 Å². The van der Waals surface area contributed by atoms with E-state index in [0.717, 1.165) is 52.8 Å². The average molecular weight is 549 g/mol. The Morgan fingerprint density at radius 2 is 1.70 bits per heavy atom. The van der Waals surface area contributed by atoms with Crippen LogP contribution in [0.5, 0.6) is 0 Å². The van der Waals surface area contributed by atoms with Crippen LogP contribution in [0.1, 0.15) is 48.5 Å². The van der Waals surface area contributed by atoms with Crippen molar-refractivity contribution < 1.29 is 14.3 Å². The van der Waals surface area contributed by atoms with Crippen LogP contribution in [0.15, 0.2) is 102 Å². The summed E-state index contributed by atoms with van der Waals surface area (Å²) in [5, 5.41) is 15.4. The number of benzene rings is 3. The van der Waals surface area contributed by atoms with Crippen LogP contribution in [0.2, 0.25) is 5.02 Å². The number of nitrogens with zero attached hydrogens (tertiary/aromatic N) is 1. The van der Waals surface area contributed by atoms with E-state index in [2.05, 4.69) is 58.8 Å². The van der Waals surface area contributed by atoms with Crippen LogP contribution in [-0.2, 0) is 16.6 Å². The number of furan rings is 1. The van der Waals surface area contributed by atoms with Gasteiger partial charge in [0.2, 0.25) is 0 Å². The first-order chi connectivity index (χ1) is 19.5. The van der Waals surface area contributed by atoms with Crippen LogP contribution in [0.3, 0.4) is 0 Å². The lowest BCUT2D eigenvalue weighted by Gasteiger charge is -2.46. The van der Waals surface area contributed by atoms with Crippen molar-refractivity contribution in [1.82, 2.24) is 4.98 Å². The molecule has 0 aliphatic heterocycles. The number of halogens is 1. The summed E-state index contributed by atoms with van der Waals surface area (Å²) < 4.78 is 6.55. The first kappa shape index (κ1) is 24.9. The third-order valence-electron chi connectivity index (χ3n) is 9.15. The first-order valence-electron chi connectivity index (χ1n) is 13.8. The van der Waals surface area contributed by atoms with Crippen LogP contribution in [0.25, 0.3) is 22.1 Å². The van der Waals surface area contributed by atoms with Gasteiger partial charge in [-0.3, -0.25) is 4.98 Å². The predicted octanol–water partition coefficient (Wildman–Crippen LogP) is 8.24. The Labute approximate surface area is 237 Å². The Bertz CT molecular complexity index is 1720. The van der Waals surface area contributed by atoms with E-state index in [0.29, 0.717) is 17.9 Å². The molecule has 5 aromatic rings. The van der Waals surface area contributed by atoms with Crippen molar-refractivity contribution in [2.75, 3.05) is 5.32 Å². The summed E-state index contributed by atoms with van der Waals surface area (Å²) in [4.78, 5) is 16.9. The maximum atomic E-state index is 12.7. The number of hydrogen-bond acceptors (Lipinski definition) is 4. The highest BCUT2D eigenvalue weighted by molar-refractivity contribution is 6.30. The van der Waals surface area contributed by atoms with Gasteiger partial charge in [-0.1, -0.05) is 48.0 Å². The van der Waals surface area contributed by atoms with Crippen molar-refractivity contribution in [3.63, 3.8) is 0 Å². The minimum absolute atomic E-state index is 0.139. The number of anilines is 1. The summed E-state index contributed by atoms with van der Waals surface area (Å²) in [6.45, 7) is 0. The Kier molecular flexibility index (Phi) is 5.93. The summed E-state index contributed by atoms with van der Waals surface area (Å²) in [6, 6.07) is 28.5. The predicted molar refractivity (Wildman–Crippen MR) is 158 cm³/mol. The molecule has 2 heterocycles. The topological polar surface area (TPSA) is 75.4 Å². The Hall–Kier alpha value is -4.09. The van der Waals surface area contributed by atoms with E-state index >= 15 is 0 Å². The van der Waals surface area contributed by atoms with Crippen molar-refractivity contribution in [2.45, 2.75) is 49.0 Å². The lowest BCUT2D eigenvalue weighted by atomic mass is 9.60. The number of carbonyl (C=O) groups is 1. The monoisotopic (exact) mass is 548 g/mol. The summed E-state index contributed by atoms with van der Waals surface area (Å²) in [7, 11) is 0. The molecule has 2 aromatic heterocycles. The molecule has 7 rings (SSSR count). The average Bonchev–Trinajstić information content (AvgIpc) is 3.54. The fourth-order valence-electron chi connectivity index (χ4n) is 7.10. The molecule has 0 amide bonds. The van der Waals surface area contributed by atoms with E-state index in [9.17, 15) is 9.90 Å². The van der Waals surface area contributed by atoms with Gasteiger partial charge in [-0.05, 0) is 103 Å². The Morgan fingerprint density at radius 1 is 0.900 bits per heavy atom. The maximum Gasteiger partial charge on any atom is 0.329 e. The Balaban J connectivity index is 1.25. The smallest absolute Gasteiger partial charge is 0.329 e. The molecular formula is C34H29ClN2O3. The molecule has 200 valence electrons. The zero-order valence-electron chi connectivity index (χ0n) is 21.9. The lowest BCUT2D eigenvalue weighted by Crippen LogP contribution is -2.52. The largest absolute Gasteiger partial charge is 0.480 e. The standard InChI is InChI=1S/C34H29ClN2O3/c35-26-5-3-6-27(21-26)37-34(32(38)39)14-12-33(13-15-34)28-7-2-1-4-24(28)19-29(33)31-20-25-18-23(8-9-30(25)40-31)22-10-16-36-17-11-22/h1-11,16-18,20-21,29,37H,12-15,19H2,(H,38,39). The van der Waals surface area contributed by atoms with Crippen molar-refractivity contribution in [3.8, 4) is 11.1 Å². The fourth-order valence-corrected chi connectivity index (χ4v) is 7.29. The highest BCUT2D eigenvalue weighted by atomic mass is 35.5. The van der Waals surface area contributed by atoms with E-state index in [4.69, 9.17) is 16.0 Å². The van der Waals surface area contributed by atoms with Gasteiger partial charge in [0.05, 0.1) is 0 Å². The summed E-state index contributed by atoms with van der Waals surface area (Å²) in [6.07, 6.45) is 7.00. The molecule has 3 aromatic carbocycles. The minimum atomic E-state index is -1.05. The van der Waals surface area contributed by atoms with Gasteiger partial charge in [0.25, 0.3) is 0 Å². The number of aliphatic carboxylic acids is 1. The number of carboxylic acid groups (broad SMARTS) is 1. The van der Waals surface area contributed by atoms with Gasteiger partial charge in [-0.2, -0.15) is 0 Å². The molecule has 1 saturated carbocycles. The van der Waals surface area contributed by atoms with Crippen LogP contribution in [0, 0.1) is 0 Å². The summed E-state index contributed by atoms with van der Waals surface area (Å²) in [5.41, 5.74) is 5.28. The number of rotatable bonds is 5. The molecule has 5 nitrogen and oxygen atoms in total. The van der Waals surface area contributed by atoms with Crippen LogP contribution < -0.4 is 5.32 Å². The van der Waals surface area contributed by atoms with Gasteiger partial charge >= 0.3 is 5.97 Å².